The normalized spacial score (nSPS) is 11.2. The Bertz CT molecular complexity index is 572. The van der Waals surface area contributed by atoms with Crippen molar-refractivity contribution >= 4 is 6.29 Å². The van der Waals surface area contributed by atoms with Gasteiger partial charge in [-0.1, -0.05) is 12.1 Å². The SMILES string of the molecule is O=Cc1ccc(Oc2ccc(CC(F)(F)F)cc2)cc1. The maximum absolute atomic E-state index is 12.2. The van der Waals surface area contributed by atoms with Gasteiger partial charge in [0.1, 0.15) is 17.8 Å². The van der Waals surface area contributed by atoms with E-state index in [2.05, 4.69) is 0 Å². The first-order valence-corrected chi connectivity index (χ1v) is 5.85. The fourth-order valence-corrected chi connectivity index (χ4v) is 1.66. The van der Waals surface area contributed by atoms with Gasteiger partial charge in [0.2, 0.25) is 0 Å². The second-order valence-electron chi connectivity index (χ2n) is 4.22. The lowest BCUT2D eigenvalue weighted by atomic mass is 10.1. The van der Waals surface area contributed by atoms with Crippen LogP contribution in [0.3, 0.4) is 0 Å². The smallest absolute Gasteiger partial charge is 0.393 e. The zero-order valence-corrected chi connectivity index (χ0v) is 10.4. The summed E-state index contributed by atoms with van der Waals surface area (Å²) in [6.07, 6.45) is -4.45. The van der Waals surface area contributed by atoms with Crippen molar-refractivity contribution in [3.63, 3.8) is 0 Å². The molecule has 20 heavy (non-hydrogen) atoms. The van der Waals surface area contributed by atoms with Crippen molar-refractivity contribution in [1.82, 2.24) is 0 Å². The quantitative estimate of drug-likeness (QED) is 0.776. The molecule has 0 aromatic heterocycles. The standard InChI is InChI=1S/C15H11F3O2/c16-15(17,18)9-11-1-5-13(6-2-11)20-14-7-3-12(10-19)4-8-14/h1-8,10H,9H2. The van der Waals surface area contributed by atoms with Crippen LogP contribution < -0.4 is 4.74 Å². The minimum Gasteiger partial charge on any atom is -0.457 e. The monoisotopic (exact) mass is 280 g/mol. The van der Waals surface area contributed by atoms with E-state index in [-0.39, 0.29) is 5.56 Å². The molecule has 0 aliphatic heterocycles. The summed E-state index contributed by atoms with van der Waals surface area (Å²) >= 11 is 0. The number of benzene rings is 2. The zero-order chi connectivity index (χ0) is 14.6. The summed E-state index contributed by atoms with van der Waals surface area (Å²) in [4.78, 5) is 10.5. The van der Waals surface area contributed by atoms with Crippen molar-refractivity contribution < 1.29 is 22.7 Å². The second-order valence-corrected chi connectivity index (χ2v) is 4.22. The van der Waals surface area contributed by atoms with Crippen LogP contribution >= 0.6 is 0 Å². The van der Waals surface area contributed by atoms with Crippen molar-refractivity contribution in [1.29, 1.82) is 0 Å². The minimum atomic E-state index is -4.22. The molecule has 0 fully saturated rings. The van der Waals surface area contributed by atoms with Crippen molar-refractivity contribution in [2.75, 3.05) is 0 Å². The lowest BCUT2D eigenvalue weighted by Crippen LogP contribution is -2.11. The van der Waals surface area contributed by atoms with Gasteiger partial charge in [-0.15, -0.1) is 0 Å². The van der Waals surface area contributed by atoms with E-state index in [1.165, 1.54) is 24.3 Å². The first-order chi connectivity index (χ1) is 9.46. The molecule has 0 atom stereocenters. The third-order valence-electron chi connectivity index (χ3n) is 2.58. The fourth-order valence-electron chi connectivity index (χ4n) is 1.66. The van der Waals surface area contributed by atoms with Crippen LogP contribution in [0.1, 0.15) is 15.9 Å². The van der Waals surface area contributed by atoms with Gasteiger partial charge in [-0.05, 0) is 42.0 Å². The van der Waals surface area contributed by atoms with E-state index in [0.717, 1.165) is 6.29 Å². The first-order valence-electron chi connectivity index (χ1n) is 5.85. The number of ether oxygens (including phenoxy) is 1. The minimum absolute atomic E-state index is 0.182. The molecule has 2 rings (SSSR count). The Morgan fingerprint density at radius 1 is 0.900 bits per heavy atom. The highest BCUT2D eigenvalue weighted by molar-refractivity contribution is 5.74. The lowest BCUT2D eigenvalue weighted by molar-refractivity contribution is -0.127. The van der Waals surface area contributed by atoms with E-state index < -0.39 is 12.6 Å². The van der Waals surface area contributed by atoms with Crippen molar-refractivity contribution in [3.8, 4) is 11.5 Å². The summed E-state index contributed by atoms with van der Waals surface area (Å²) in [5.74, 6) is 0.953. The Hall–Kier alpha value is -2.30. The molecule has 2 aromatic rings. The number of carbonyl (C=O) groups is 1. The summed E-state index contributed by atoms with van der Waals surface area (Å²) < 4.78 is 42.1. The molecule has 0 spiro atoms. The van der Waals surface area contributed by atoms with Gasteiger partial charge in [0, 0.05) is 5.56 Å². The van der Waals surface area contributed by atoms with Crippen molar-refractivity contribution in [2.45, 2.75) is 12.6 Å². The number of aldehydes is 1. The molecule has 0 saturated heterocycles. The van der Waals surface area contributed by atoms with Gasteiger partial charge in [0.15, 0.2) is 0 Å². The predicted octanol–water partition coefficient (Wildman–Crippen LogP) is 4.40. The van der Waals surface area contributed by atoms with Crippen LogP contribution in [0.4, 0.5) is 13.2 Å². The van der Waals surface area contributed by atoms with Gasteiger partial charge in [-0.25, -0.2) is 0 Å². The third kappa shape index (κ3) is 4.12. The Labute approximate surface area is 113 Å². The Kier molecular flexibility index (Phi) is 4.08. The van der Waals surface area contributed by atoms with Crippen LogP contribution in [-0.2, 0) is 6.42 Å². The zero-order valence-electron chi connectivity index (χ0n) is 10.4. The third-order valence-corrected chi connectivity index (χ3v) is 2.58. The lowest BCUT2D eigenvalue weighted by Gasteiger charge is -2.08. The molecule has 0 aliphatic rings. The van der Waals surface area contributed by atoms with Gasteiger partial charge >= 0.3 is 6.18 Å². The highest BCUT2D eigenvalue weighted by Gasteiger charge is 2.27. The summed E-state index contributed by atoms with van der Waals surface area (Å²) in [6.45, 7) is 0. The highest BCUT2D eigenvalue weighted by atomic mass is 19.4. The molecule has 104 valence electrons. The predicted molar refractivity (Wildman–Crippen MR) is 68.1 cm³/mol. The van der Waals surface area contributed by atoms with Crippen LogP contribution in [0.15, 0.2) is 48.5 Å². The van der Waals surface area contributed by atoms with E-state index in [9.17, 15) is 18.0 Å². The molecule has 2 nitrogen and oxygen atoms in total. The molecule has 0 N–H and O–H groups in total. The molecule has 0 amide bonds. The molecule has 0 unspecified atom stereocenters. The van der Waals surface area contributed by atoms with Crippen LogP contribution in [0.2, 0.25) is 0 Å². The molecule has 5 heteroatoms. The van der Waals surface area contributed by atoms with Crippen LogP contribution in [0, 0.1) is 0 Å². The van der Waals surface area contributed by atoms with Gasteiger partial charge in [-0.2, -0.15) is 13.2 Å². The number of carbonyl (C=O) groups excluding carboxylic acids is 1. The van der Waals surface area contributed by atoms with E-state index in [4.69, 9.17) is 4.74 Å². The molecular weight excluding hydrogens is 269 g/mol. The second kappa shape index (κ2) is 5.77. The maximum atomic E-state index is 12.2. The molecule has 0 heterocycles. The van der Waals surface area contributed by atoms with Gasteiger partial charge in [-0.3, -0.25) is 4.79 Å². The van der Waals surface area contributed by atoms with E-state index in [1.807, 2.05) is 0 Å². The topological polar surface area (TPSA) is 26.3 Å². The highest BCUT2D eigenvalue weighted by Crippen LogP contribution is 2.25. The van der Waals surface area contributed by atoms with Gasteiger partial charge in [0.05, 0.1) is 6.42 Å². The first kappa shape index (κ1) is 14.1. The summed E-state index contributed by atoms with van der Waals surface area (Å²) in [5.41, 5.74) is 0.707. The molecule has 0 saturated carbocycles. The number of alkyl halides is 3. The Balaban J connectivity index is 2.04. The Morgan fingerprint density at radius 2 is 1.40 bits per heavy atom. The van der Waals surface area contributed by atoms with Crippen LogP contribution in [0.5, 0.6) is 11.5 Å². The van der Waals surface area contributed by atoms with Crippen molar-refractivity contribution in [2.24, 2.45) is 0 Å². The summed E-state index contributed by atoms with van der Waals surface area (Å²) in [7, 11) is 0. The fraction of sp³-hybridized carbons (Fsp3) is 0.133. The van der Waals surface area contributed by atoms with E-state index in [1.54, 1.807) is 24.3 Å². The number of halogens is 3. The van der Waals surface area contributed by atoms with Gasteiger partial charge in [0.25, 0.3) is 0 Å². The summed E-state index contributed by atoms with van der Waals surface area (Å²) in [5, 5.41) is 0. The van der Waals surface area contributed by atoms with Crippen LogP contribution in [-0.4, -0.2) is 12.5 Å². The number of hydrogen-bond acceptors (Lipinski definition) is 2. The number of hydrogen-bond donors (Lipinski definition) is 0. The van der Waals surface area contributed by atoms with E-state index >= 15 is 0 Å². The average molecular weight is 280 g/mol. The maximum Gasteiger partial charge on any atom is 0.393 e. The molecular formula is C15H11F3O2. The molecule has 0 aliphatic carbocycles. The molecule has 0 bridgehead atoms. The Morgan fingerprint density at radius 3 is 1.85 bits per heavy atom. The largest absolute Gasteiger partial charge is 0.457 e. The molecule has 0 radical (unpaired) electrons. The number of rotatable bonds is 4. The van der Waals surface area contributed by atoms with Gasteiger partial charge < -0.3 is 4.74 Å². The van der Waals surface area contributed by atoms with E-state index in [0.29, 0.717) is 17.1 Å². The average Bonchev–Trinajstić information content (AvgIpc) is 2.40. The summed E-state index contributed by atoms with van der Waals surface area (Å²) in [6, 6.07) is 12.1. The van der Waals surface area contributed by atoms with Crippen LogP contribution in [0.25, 0.3) is 0 Å². The molecule has 2 aromatic carbocycles. The van der Waals surface area contributed by atoms with Crippen molar-refractivity contribution in [3.05, 3.63) is 59.7 Å².